The maximum absolute atomic E-state index is 13.6. The molecule has 156 valence electrons. The lowest BCUT2D eigenvalue weighted by Gasteiger charge is -2.17. The van der Waals surface area contributed by atoms with E-state index in [1.165, 1.54) is 0 Å². The molecule has 2 aliphatic rings. The highest BCUT2D eigenvalue weighted by Crippen LogP contribution is 2.52. The highest BCUT2D eigenvalue weighted by atomic mass is 32.2. The SMILES string of the molecule is C#CCNC(=O)c1ccc2c(c1)C1=C(C2=O)C(c2cccc(O)c2)Sc2ccccc2N1. The Morgan fingerprint density at radius 2 is 1.94 bits per heavy atom. The minimum Gasteiger partial charge on any atom is -0.508 e. The first-order chi connectivity index (χ1) is 15.6. The highest BCUT2D eigenvalue weighted by Gasteiger charge is 2.38. The molecule has 0 saturated carbocycles. The van der Waals surface area contributed by atoms with Crippen LogP contribution in [0.5, 0.6) is 5.75 Å². The predicted octanol–water partition coefficient (Wildman–Crippen LogP) is 4.62. The van der Waals surface area contributed by atoms with E-state index in [0.29, 0.717) is 28.0 Å². The maximum atomic E-state index is 13.6. The van der Waals surface area contributed by atoms with Crippen LogP contribution in [0.4, 0.5) is 5.69 Å². The zero-order valence-corrected chi connectivity index (χ0v) is 17.7. The molecule has 0 fully saturated rings. The molecule has 5 nitrogen and oxygen atoms in total. The molecule has 1 aliphatic heterocycles. The van der Waals surface area contributed by atoms with Crippen LogP contribution in [0.1, 0.15) is 37.1 Å². The molecule has 6 heteroatoms. The number of benzene rings is 3. The van der Waals surface area contributed by atoms with Crippen LogP contribution < -0.4 is 10.6 Å². The van der Waals surface area contributed by atoms with Gasteiger partial charge in [-0.2, -0.15) is 0 Å². The molecule has 1 heterocycles. The van der Waals surface area contributed by atoms with Crippen LogP contribution in [-0.2, 0) is 0 Å². The van der Waals surface area contributed by atoms with Gasteiger partial charge in [-0.25, -0.2) is 0 Å². The molecule has 1 amide bonds. The van der Waals surface area contributed by atoms with Crippen LogP contribution in [0.15, 0.2) is 77.2 Å². The summed E-state index contributed by atoms with van der Waals surface area (Å²) < 4.78 is 0. The molecule has 1 unspecified atom stereocenters. The topological polar surface area (TPSA) is 78.4 Å². The van der Waals surface area contributed by atoms with Gasteiger partial charge in [0.2, 0.25) is 0 Å². The number of amides is 1. The Balaban J connectivity index is 1.68. The third-order valence-electron chi connectivity index (χ3n) is 5.49. The predicted molar refractivity (Wildman–Crippen MR) is 126 cm³/mol. The van der Waals surface area contributed by atoms with Crippen molar-refractivity contribution < 1.29 is 14.7 Å². The number of para-hydroxylation sites is 1. The number of rotatable bonds is 3. The summed E-state index contributed by atoms with van der Waals surface area (Å²) in [6, 6.07) is 19.9. The first-order valence-corrected chi connectivity index (χ1v) is 10.9. The van der Waals surface area contributed by atoms with Crippen LogP contribution >= 0.6 is 11.8 Å². The Morgan fingerprint density at radius 1 is 1.09 bits per heavy atom. The number of Topliss-reactive ketones (excluding diaryl/α,β-unsaturated/α-hetero) is 1. The normalized spacial score (nSPS) is 16.2. The van der Waals surface area contributed by atoms with E-state index in [4.69, 9.17) is 6.42 Å². The Labute approximate surface area is 189 Å². The molecule has 1 aliphatic carbocycles. The van der Waals surface area contributed by atoms with Gasteiger partial charge in [-0.15, -0.1) is 18.2 Å². The van der Waals surface area contributed by atoms with Gasteiger partial charge in [0.1, 0.15) is 5.75 Å². The number of thioether (sulfide) groups is 1. The van der Waals surface area contributed by atoms with E-state index in [1.54, 1.807) is 48.2 Å². The highest BCUT2D eigenvalue weighted by molar-refractivity contribution is 8.00. The number of phenols is 1. The molecule has 3 aromatic carbocycles. The van der Waals surface area contributed by atoms with Crippen molar-refractivity contribution in [3.05, 3.63) is 94.6 Å². The van der Waals surface area contributed by atoms with Crippen molar-refractivity contribution in [3.63, 3.8) is 0 Å². The van der Waals surface area contributed by atoms with E-state index >= 15 is 0 Å². The first kappa shape index (κ1) is 20.0. The molecule has 0 aromatic heterocycles. The summed E-state index contributed by atoms with van der Waals surface area (Å²) in [5.74, 6) is 2.15. The van der Waals surface area contributed by atoms with Crippen molar-refractivity contribution in [3.8, 4) is 18.1 Å². The number of ketones is 1. The van der Waals surface area contributed by atoms with E-state index < -0.39 is 0 Å². The fourth-order valence-corrected chi connectivity index (χ4v) is 5.31. The molecule has 0 saturated heterocycles. The van der Waals surface area contributed by atoms with Gasteiger partial charge in [0.25, 0.3) is 5.91 Å². The number of carbonyl (C=O) groups excluding carboxylic acids is 2. The summed E-state index contributed by atoms with van der Waals surface area (Å²) in [5, 5.41) is 15.9. The molecule has 0 radical (unpaired) electrons. The van der Waals surface area contributed by atoms with Gasteiger partial charge >= 0.3 is 0 Å². The fraction of sp³-hybridized carbons (Fsp3) is 0.0769. The molecule has 0 bridgehead atoms. The number of hydrogen-bond donors (Lipinski definition) is 3. The standard InChI is InChI=1S/C26H18N2O3S/c1-2-12-27-26(31)16-10-11-18-19(14-16)23-22(24(18)30)25(15-6-5-7-17(29)13-15)32-21-9-4-3-8-20(21)28-23/h1,3-11,13-14,25,28-29H,12H2,(H,27,31). The van der Waals surface area contributed by atoms with E-state index in [2.05, 4.69) is 16.6 Å². The first-order valence-electron chi connectivity index (χ1n) is 10.0. The zero-order chi connectivity index (χ0) is 22.2. The van der Waals surface area contributed by atoms with Gasteiger partial charge < -0.3 is 15.7 Å². The van der Waals surface area contributed by atoms with Gasteiger partial charge in [-0.3, -0.25) is 9.59 Å². The summed E-state index contributed by atoms with van der Waals surface area (Å²) in [7, 11) is 0. The summed E-state index contributed by atoms with van der Waals surface area (Å²) in [6.45, 7) is 0.130. The average Bonchev–Trinajstić information content (AvgIpc) is 2.96. The second-order valence-electron chi connectivity index (χ2n) is 7.48. The largest absolute Gasteiger partial charge is 0.508 e. The van der Waals surface area contributed by atoms with Crippen molar-refractivity contribution in [1.29, 1.82) is 0 Å². The molecule has 1 atom stereocenters. The number of phenolic OH excluding ortho intramolecular Hbond substituents is 1. The lowest BCUT2D eigenvalue weighted by Crippen LogP contribution is -2.23. The van der Waals surface area contributed by atoms with Gasteiger partial charge in [-0.05, 0) is 48.0 Å². The van der Waals surface area contributed by atoms with E-state index in [1.807, 2.05) is 30.3 Å². The Bertz CT molecular complexity index is 1350. The zero-order valence-electron chi connectivity index (χ0n) is 16.9. The number of hydrogen-bond acceptors (Lipinski definition) is 5. The van der Waals surface area contributed by atoms with Crippen LogP contribution in [0.2, 0.25) is 0 Å². The summed E-state index contributed by atoms with van der Waals surface area (Å²) >= 11 is 1.56. The lowest BCUT2D eigenvalue weighted by molar-refractivity contribution is 0.0957. The number of carbonyl (C=O) groups is 2. The number of anilines is 1. The molecular weight excluding hydrogens is 420 g/mol. The second kappa shape index (κ2) is 7.95. The van der Waals surface area contributed by atoms with E-state index in [9.17, 15) is 14.7 Å². The van der Waals surface area contributed by atoms with Crippen molar-refractivity contribution in [1.82, 2.24) is 5.32 Å². The number of nitrogens with one attached hydrogen (secondary N) is 2. The molecule has 3 N–H and O–H groups in total. The number of terminal acetylenes is 1. The van der Waals surface area contributed by atoms with Crippen LogP contribution in [0.3, 0.4) is 0 Å². The van der Waals surface area contributed by atoms with Crippen LogP contribution in [0.25, 0.3) is 5.70 Å². The summed E-state index contributed by atoms with van der Waals surface area (Å²) in [4.78, 5) is 27.0. The minimum atomic E-state index is -0.327. The molecule has 3 aromatic rings. The number of aromatic hydroxyl groups is 1. The van der Waals surface area contributed by atoms with Crippen molar-refractivity contribution >= 4 is 34.8 Å². The van der Waals surface area contributed by atoms with Crippen LogP contribution in [0, 0.1) is 12.3 Å². The molecule has 0 spiro atoms. The monoisotopic (exact) mass is 438 g/mol. The van der Waals surface area contributed by atoms with Crippen molar-refractivity contribution in [2.45, 2.75) is 10.1 Å². The second-order valence-corrected chi connectivity index (χ2v) is 8.63. The molecular formula is C26H18N2O3S. The molecule has 32 heavy (non-hydrogen) atoms. The Kier molecular flexibility index (Phi) is 4.96. The van der Waals surface area contributed by atoms with E-state index in [0.717, 1.165) is 16.1 Å². The molecule has 5 rings (SSSR count). The lowest BCUT2D eigenvalue weighted by atomic mass is 10.0. The smallest absolute Gasteiger partial charge is 0.252 e. The van der Waals surface area contributed by atoms with Crippen LogP contribution in [-0.4, -0.2) is 23.3 Å². The number of fused-ring (bicyclic) bond motifs is 3. The fourth-order valence-electron chi connectivity index (χ4n) is 4.03. The Morgan fingerprint density at radius 3 is 2.75 bits per heavy atom. The third kappa shape index (κ3) is 3.33. The third-order valence-corrected chi connectivity index (χ3v) is 6.84. The average molecular weight is 439 g/mol. The quantitative estimate of drug-likeness (QED) is 0.520. The van der Waals surface area contributed by atoms with Gasteiger partial charge in [0.05, 0.1) is 23.2 Å². The minimum absolute atomic E-state index is 0.0910. The Hall–Kier alpha value is -3.95. The summed E-state index contributed by atoms with van der Waals surface area (Å²) in [6.07, 6.45) is 5.25. The maximum Gasteiger partial charge on any atom is 0.252 e. The van der Waals surface area contributed by atoms with Crippen molar-refractivity contribution in [2.24, 2.45) is 0 Å². The summed E-state index contributed by atoms with van der Waals surface area (Å²) in [5.41, 5.74) is 4.66. The van der Waals surface area contributed by atoms with E-state index in [-0.39, 0.29) is 29.2 Å². The van der Waals surface area contributed by atoms with Gasteiger partial charge in [0.15, 0.2) is 5.78 Å². The van der Waals surface area contributed by atoms with Crippen molar-refractivity contribution in [2.75, 3.05) is 11.9 Å². The van der Waals surface area contributed by atoms with Gasteiger partial charge in [-0.1, -0.05) is 30.2 Å². The van der Waals surface area contributed by atoms with Gasteiger partial charge in [0, 0.05) is 27.2 Å².